The fourth-order valence-corrected chi connectivity index (χ4v) is 3.65. The molecule has 0 aromatic heterocycles. The zero-order valence-corrected chi connectivity index (χ0v) is 10.0. The molecule has 3 rings (SSSR count). The normalized spacial score (nSPS) is 41.6. The van der Waals surface area contributed by atoms with E-state index < -0.39 is 23.9 Å². The Bertz CT molecular complexity index is 419. The topological polar surface area (TPSA) is 77.8 Å². The molecule has 1 saturated heterocycles. The average molecular weight is 251 g/mol. The molecular formula is C13H17NO4. The third-order valence-electron chi connectivity index (χ3n) is 4.50. The summed E-state index contributed by atoms with van der Waals surface area (Å²) in [6.07, 6.45) is 4.85. The Balaban J connectivity index is 1.80. The lowest BCUT2D eigenvalue weighted by atomic mass is 9.82. The van der Waals surface area contributed by atoms with Crippen LogP contribution in [0.3, 0.4) is 0 Å². The number of aliphatic carboxylic acids is 1. The number of carbonyl (C=O) groups excluding carboxylic acids is 1. The second-order valence-electron chi connectivity index (χ2n) is 5.56. The van der Waals surface area contributed by atoms with Crippen LogP contribution in [0.15, 0.2) is 12.2 Å². The van der Waals surface area contributed by atoms with Crippen molar-refractivity contribution in [2.45, 2.75) is 18.9 Å². The number of fused-ring (bicyclic) bond motifs is 2. The van der Waals surface area contributed by atoms with Crippen LogP contribution in [-0.4, -0.2) is 46.2 Å². The minimum absolute atomic E-state index is 0.00831. The number of likely N-dealkylation sites (tertiary alicyclic amines) is 1. The lowest BCUT2D eigenvalue weighted by Crippen LogP contribution is -2.42. The van der Waals surface area contributed by atoms with E-state index >= 15 is 0 Å². The molecule has 2 N–H and O–H groups in total. The van der Waals surface area contributed by atoms with Gasteiger partial charge in [0.2, 0.25) is 5.91 Å². The molecule has 1 amide bonds. The van der Waals surface area contributed by atoms with Crippen LogP contribution in [0, 0.1) is 23.7 Å². The Morgan fingerprint density at radius 3 is 2.39 bits per heavy atom. The number of allylic oxidation sites excluding steroid dienone is 2. The number of aliphatic hydroxyl groups excluding tert-OH is 1. The zero-order valence-electron chi connectivity index (χ0n) is 10.0. The Morgan fingerprint density at radius 1 is 1.17 bits per heavy atom. The Morgan fingerprint density at radius 2 is 1.83 bits per heavy atom. The van der Waals surface area contributed by atoms with E-state index in [1.807, 2.05) is 12.2 Å². The summed E-state index contributed by atoms with van der Waals surface area (Å²) in [5.74, 6) is -1.89. The highest BCUT2D eigenvalue weighted by Gasteiger charge is 2.52. The van der Waals surface area contributed by atoms with Gasteiger partial charge in [0.15, 0.2) is 0 Å². The van der Waals surface area contributed by atoms with Gasteiger partial charge in [0.25, 0.3) is 0 Å². The number of carbonyl (C=O) groups is 2. The van der Waals surface area contributed by atoms with Crippen LogP contribution >= 0.6 is 0 Å². The van der Waals surface area contributed by atoms with E-state index in [1.165, 1.54) is 0 Å². The highest BCUT2D eigenvalue weighted by Crippen LogP contribution is 2.48. The molecule has 2 fully saturated rings. The average Bonchev–Trinajstić information content (AvgIpc) is 3.01. The summed E-state index contributed by atoms with van der Waals surface area (Å²) in [6, 6.07) is 0. The molecule has 2 aliphatic carbocycles. The van der Waals surface area contributed by atoms with Gasteiger partial charge in [-0.3, -0.25) is 9.59 Å². The predicted molar refractivity (Wildman–Crippen MR) is 62.6 cm³/mol. The van der Waals surface area contributed by atoms with Gasteiger partial charge in [-0.2, -0.15) is 0 Å². The molecule has 98 valence electrons. The Kier molecular flexibility index (Phi) is 2.66. The zero-order chi connectivity index (χ0) is 12.9. The van der Waals surface area contributed by atoms with E-state index in [4.69, 9.17) is 0 Å². The van der Waals surface area contributed by atoms with Gasteiger partial charge < -0.3 is 15.1 Å². The van der Waals surface area contributed by atoms with Crippen molar-refractivity contribution in [3.8, 4) is 0 Å². The molecule has 1 saturated carbocycles. The number of carboxylic acid groups (broad SMARTS) is 1. The van der Waals surface area contributed by atoms with E-state index in [0.717, 1.165) is 6.42 Å². The van der Waals surface area contributed by atoms with Gasteiger partial charge in [0.1, 0.15) is 0 Å². The molecule has 0 radical (unpaired) electrons. The maximum Gasteiger partial charge on any atom is 0.307 e. The summed E-state index contributed by atoms with van der Waals surface area (Å²) >= 11 is 0. The van der Waals surface area contributed by atoms with Crippen molar-refractivity contribution in [1.29, 1.82) is 0 Å². The molecule has 0 spiro atoms. The van der Waals surface area contributed by atoms with Gasteiger partial charge in [-0.1, -0.05) is 12.2 Å². The van der Waals surface area contributed by atoms with Crippen molar-refractivity contribution in [3.63, 3.8) is 0 Å². The smallest absolute Gasteiger partial charge is 0.307 e. The van der Waals surface area contributed by atoms with Crippen molar-refractivity contribution in [2.24, 2.45) is 23.7 Å². The number of nitrogens with zero attached hydrogens (tertiary/aromatic N) is 1. The summed E-state index contributed by atoms with van der Waals surface area (Å²) in [5.41, 5.74) is 0. The highest BCUT2D eigenvalue weighted by atomic mass is 16.4. The molecule has 1 aliphatic heterocycles. The molecule has 1 heterocycles. The fraction of sp³-hybridized carbons (Fsp3) is 0.692. The largest absolute Gasteiger partial charge is 0.481 e. The van der Waals surface area contributed by atoms with Crippen molar-refractivity contribution in [1.82, 2.24) is 4.90 Å². The van der Waals surface area contributed by atoms with Crippen LogP contribution in [0.2, 0.25) is 0 Å². The van der Waals surface area contributed by atoms with E-state index in [-0.39, 0.29) is 17.7 Å². The Hall–Kier alpha value is -1.36. The first-order chi connectivity index (χ1) is 8.58. The summed E-state index contributed by atoms with van der Waals surface area (Å²) in [7, 11) is 0. The van der Waals surface area contributed by atoms with Crippen LogP contribution in [-0.2, 0) is 9.59 Å². The molecular weight excluding hydrogens is 234 g/mol. The van der Waals surface area contributed by atoms with Gasteiger partial charge in [-0.05, 0) is 24.7 Å². The SMILES string of the molecule is O=C(O)C1C2C=CC(C2)C1C(=O)N1CC[C@H](O)C1. The number of hydrogen-bond acceptors (Lipinski definition) is 3. The molecule has 0 aromatic rings. The maximum atomic E-state index is 12.4. The lowest BCUT2D eigenvalue weighted by Gasteiger charge is -2.28. The van der Waals surface area contributed by atoms with E-state index in [1.54, 1.807) is 4.90 Å². The molecule has 3 aliphatic rings. The van der Waals surface area contributed by atoms with Crippen molar-refractivity contribution in [2.75, 3.05) is 13.1 Å². The quantitative estimate of drug-likeness (QED) is 0.682. The summed E-state index contributed by atoms with van der Waals surface area (Å²) in [4.78, 5) is 25.4. The van der Waals surface area contributed by atoms with Crippen molar-refractivity contribution in [3.05, 3.63) is 12.2 Å². The number of β-amino-alcohol motifs (C(OH)–C–C–N with tert-alkyl or cyclic N) is 1. The summed E-state index contributed by atoms with van der Waals surface area (Å²) in [5, 5.41) is 18.8. The second kappa shape index (κ2) is 4.09. The van der Waals surface area contributed by atoms with Crippen molar-refractivity contribution >= 4 is 11.9 Å². The predicted octanol–water partition coefficient (Wildman–Crippen LogP) is 0.102. The van der Waals surface area contributed by atoms with Crippen LogP contribution < -0.4 is 0 Å². The first kappa shape index (κ1) is 11.7. The summed E-state index contributed by atoms with van der Waals surface area (Å²) in [6.45, 7) is 0.896. The van der Waals surface area contributed by atoms with E-state index in [9.17, 15) is 19.8 Å². The van der Waals surface area contributed by atoms with Gasteiger partial charge >= 0.3 is 5.97 Å². The monoisotopic (exact) mass is 251 g/mol. The third kappa shape index (κ3) is 1.65. The van der Waals surface area contributed by atoms with Crippen LogP contribution in [0.1, 0.15) is 12.8 Å². The van der Waals surface area contributed by atoms with Crippen LogP contribution in [0.5, 0.6) is 0 Å². The molecule has 5 heteroatoms. The molecule has 0 aromatic carbocycles. The standard InChI is InChI=1S/C13H17NO4/c15-9-3-4-14(6-9)12(16)10-7-1-2-8(5-7)11(10)13(17)18/h1-2,7-11,15H,3-6H2,(H,17,18)/t7?,8?,9-,10?,11?/m0/s1. The summed E-state index contributed by atoms with van der Waals surface area (Å²) < 4.78 is 0. The maximum absolute atomic E-state index is 12.4. The van der Waals surface area contributed by atoms with Gasteiger partial charge in [-0.25, -0.2) is 0 Å². The third-order valence-corrected chi connectivity index (χ3v) is 4.50. The molecule has 5 atom stereocenters. The van der Waals surface area contributed by atoms with E-state index in [0.29, 0.717) is 19.5 Å². The van der Waals surface area contributed by atoms with E-state index in [2.05, 4.69) is 0 Å². The lowest BCUT2D eigenvalue weighted by molar-refractivity contribution is -0.150. The molecule has 5 nitrogen and oxygen atoms in total. The van der Waals surface area contributed by atoms with Crippen LogP contribution in [0.4, 0.5) is 0 Å². The van der Waals surface area contributed by atoms with Gasteiger partial charge in [0, 0.05) is 13.1 Å². The number of rotatable bonds is 2. The first-order valence-corrected chi connectivity index (χ1v) is 6.46. The van der Waals surface area contributed by atoms with Gasteiger partial charge in [-0.15, -0.1) is 0 Å². The number of aliphatic hydroxyl groups is 1. The minimum Gasteiger partial charge on any atom is -0.481 e. The number of carboxylic acids is 1. The van der Waals surface area contributed by atoms with Crippen molar-refractivity contribution < 1.29 is 19.8 Å². The number of amides is 1. The number of hydrogen-bond donors (Lipinski definition) is 2. The Labute approximate surface area is 105 Å². The second-order valence-corrected chi connectivity index (χ2v) is 5.56. The molecule has 18 heavy (non-hydrogen) atoms. The van der Waals surface area contributed by atoms with Gasteiger partial charge in [0.05, 0.1) is 17.9 Å². The highest BCUT2D eigenvalue weighted by molar-refractivity contribution is 5.87. The first-order valence-electron chi connectivity index (χ1n) is 6.46. The molecule has 2 bridgehead atoms. The van der Waals surface area contributed by atoms with Crippen LogP contribution in [0.25, 0.3) is 0 Å². The fourth-order valence-electron chi connectivity index (χ4n) is 3.65. The molecule has 4 unspecified atom stereocenters. The minimum atomic E-state index is -0.870.